The molecule has 0 aliphatic heterocycles. The molecule has 1 aliphatic carbocycles. The SMILES string of the molecule is Cc1ccc(N)c(C)c1OCOCC1CC1. The van der Waals surface area contributed by atoms with Gasteiger partial charge in [-0.25, -0.2) is 0 Å². The predicted octanol–water partition coefficient (Wildman–Crippen LogP) is 2.65. The summed E-state index contributed by atoms with van der Waals surface area (Å²) < 4.78 is 11.1. The van der Waals surface area contributed by atoms with Gasteiger partial charge >= 0.3 is 0 Å². The first-order valence-corrected chi connectivity index (χ1v) is 5.74. The van der Waals surface area contributed by atoms with Crippen molar-refractivity contribution in [2.45, 2.75) is 26.7 Å². The molecule has 2 rings (SSSR count). The van der Waals surface area contributed by atoms with Crippen LogP contribution >= 0.6 is 0 Å². The summed E-state index contributed by atoms with van der Waals surface area (Å²) >= 11 is 0. The molecule has 88 valence electrons. The first kappa shape index (κ1) is 11.3. The van der Waals surface area contributed by atoms with Gasteiger partial charge in [0.25, 0.3) is 0 Å². The molecular formula is C13H19NO2. The maximum Gasteiger partial charge on any atom is 0.189 e. The first-order valence-electron chi connectivity index (χ1n) is 5.74. The molecule has 0 radical (unpaired) electrons. The normalized spacial score (nSPS) is 15.1. The van der Waals surface area contributed by atoms with Crippen LogP contribution in [0.1, 0.15) is 24.0 Å². The molecule has 2 N–H and O–H groups in total. The van der Waals surface area contributed by atoms with Crippen molar-refractivity contribution in [1.82, 2.24) is 0 Å². The number of hydrogen-bond donors (Lipinski definition) is 1. The van der Waals surface area contributed by atoms with E-state index >= 15 is 0 Å². The predicted molar refractivity (Wildman–Crippen MR) is 64.5 cm³/mol. The minimum Gasteiger partial charge on any atom is -0.467 e. The molecule has 1 saturated carbocycles. The van der Waals surface area contributed by atoms with Gasteiger partial charge in [-0.2, -0.15) is 0 Å². The lowest BCUT2D eigenvalue weighted by molar-refractivity contribution is 0.00928. The zero-order valence-corrected chi connectivity index (χ0v) is 9.95. The Hall–Kier alpha value is -1.22. The highest BCUT2D eigenvalue weighted by molar-refractivity contribution is 5.56. The Bertz CT molecular complexity index is 372. The molecule has 3 heteroatoms. The highest BCUT2D eigenvalue weighted by Crippen LogP contribution is 2.30. The third-order valence-electron chi connectivity index (χ3n) is 2.98. The van der Waals surface area contributed by atoms with Gasteiger partial charge < -0.3 is 15.2 Å². The van der Waals surface area contributed by atoms with Gasteiger partial charge in [0.05, 0.1) is 6.61 Å². The van der Waals surface area contributed by atoms with E-state index in [-0.39, 0.29) is 0 Å². The number of anilines is 1. The molecule has 1 aromatic rings. The summed E-state index contributed by atoms with van der Waals surface area (Å²) in [6, 6.07) is 3.88. The fraction of sp³-hybridized carbons (Fsp3) is 0.538. The van der Waals surface area contributed by atoms with Crippen molar-refractivity contribution in [3.05, 3.63) is 23.3 Å². The third kappa shape index (κ3) is 2.67. The van der Waals surface area contributed by atoms with Crippen LogP contribution in [0.2, 0.25) is 0 Å². The third-order valence-corrected chi connectivity index (χ3v) is 2.98. The minimum absolute atomic E-state index is 0.321. The molecule has 0 heterocycles. The second kappa shape index (κ2) is 4.74. The summed E-state index contributed by atoms with van der Waals surface area (Å²) in [5, 5.41) is 0. The van der Waals surface area contributed by atoms with Crippen molar-refractivity contribution in [2.75, 3.05) is 19.1 Å². The van der Waals surface area contributed by atoms with E-state index in [0.717, 1.165) is 35.1 Å². The number of ether oxygens (including phenoxy) is 2. The van der Waals surface area contributed by atoms with Crippen molar-refractivity contribution in [3.63, 3.8) is 0 Å². The number of aryl methyl sites for hydroxylation is 1. The summed E-state index contributed by atoms with van der Waals surface area (Å²) in [7, 11) is 0. The summed E-state index contributed by atoms with van der Waals surface area (Å²) in [5.74, 6) is 1.63. The topological polar surface area (TPSA) is 44.5 Å². The molecule has 3 nitrogen and oxygen atoms in total. The van der Waals surface area contributed by atoms with Gasteiger partial charge in [0, 0.05) is 11.3 Å². The smallest absolute Gasteiger partial charge is 0.189 e. The van der Waals surface area contributed by atoms with Crippen LogP contribution in [0, 0.1) is 19.8 Å². The Morgan fingerprint density at radius 1 is 1.31 bits per heavy atom. The van der Waals surface area contributed by atoms with Crippen LogP contribution in [0.25, 0.3) is 0 Å². The fourth-order valence-corrected chi connectivity index (χ4v) is 1.66. The van der Waals surface area contributed by atoms with E-state index in [1.54, 1.807) is 0 Å². The van der Waals surface area contributed by atoms with E-state index in [9.17, 15) is 0 Å². The van der Waals surface area contributed by atoms with E-state index in [0.29, 0.717) is 6.79 Å². The van der Waals surface area contributed by atoms with Gasteiger partial charge in [0.15, 0.2) is 6.79 Å². The number of nitrogens with two attached hydrogens (primary N) is 1. The number of benzene rings is 1. The molecule has 1 aliphatic rings. The molecule has 16 heavy (non-hydrogen) atoms. The van der Waals surface area contributed by atoms with Crippen molar-refractivity contribution >= 4 is 5.69 Å². The molecular weight excluding hydrogens is 202 g/mol. The van der Waals surface area contributed by atoms with Gasteiger partial charge in [-0.05, 0) is 44.2 Å². The first-order chi connectivity index (χ1) is 7.68. The number of rotatable bonds is 5. The zero-order valence-electron chi connectivity index (χ0n) is 9.95. The second-order valence-corrected chi connectivity index (χ2v) is 4.50. The standard InChI is InChI=1S/C13H19NO2/c1-9-3-6-12(14)10(2)13(9)16-8-15-7-11-4-5-11/h3,6,11H,4-5,7-8,14H2,1-2H3. The van der Waals surface area contributed by atoms with Gasteiger partial charge in [-0.1, -0.05) is 6.07 Å². The maximum absolute atomic E-state index is 5.83. The van der Waals surface area contributed by atoms with E-state index in [2.05, 4.69) is 0 Å². The van der Waals surface area contributed by atoms with Crippen molar-refractivity contribution < 1.29 is 9.47 Å². The maximum atomic E-state index is 5.83. The molecule has 0 bridgehead atoms. The molecule has 0 atom stereocenters. The van der Waals surface area contributed by atoms with Crippen LogP contribution in [-0.2, 0) is 4.74 Å². The number of nitrogen functional groups attached to an aromatic ring is 1. The van der Waals surface area contributed by atoms with Crippen LogP contribution in [-0.4, -0.2) is 13.4 Å². The summed E-state index contributed by atoms with van der Waals surface area (Å²) in [6.45, 7) is 5.13. The lowest BCUT2D eigenvalue weighted by atomic mass is 10.1. The van der Waals surface area contributed by atoms with Crippen LogP contribution in [0.5, 0.6) is 5.75 Å². The Balaban J connectivity index is 1.89. The Morgan fingerprint density at radius 3 is 2.75 bits per heavy atom. The van der Waals surface area contributed by atoms with Crippen LogP contribution in [0.15, 0.2) is 12.1 Å². The average molecular weight is 221 g/mol. The van der Waals surface area contributed by atoms with E-state index in [1.807, 2.05) is 26.0 Å². The Morgan fingerprint density at radius 2 is 2.06 bits per heavy atom. The monoisotopic (exact) mass is 221 g/mol. The second-order valence-electron chi connectivity index (χ2n) is 4.50. The largest absolute Gasteiger partial charge is 0.467 e. The lowest BCUT2D eigenvalue weighted by Crippen LogP contribution is -2.07. The zero-order chi connectivity index (χ0) is 11.5. The fourth-order valence-electron chi connectivity index (χ4n) is 1.66. The molecule has 0 amide bonds. The van der Waals surface area contributed by atoms with Crippen molar-refractivity contribution in [3.8, 4) is 5.75 Å². The summed E-state index contributed by atoms with van der Waals surface area (Å²) in [4.78, 5) is 0. The number of hydrogen-bond acceptors (Lipinski definition) is 3. The highest BCUT2D eigenvalue weighted by Gasteiger charge is 2.21. The van der Waals surface area contributed by atoms with Crippen LogP contribution in [0.4, 0.5) is 5.69 Å². The molecule has 0 unspecified atom stereocenters. The van der Waals surface area contributed by atoms with Crippen LogP contribution in [0.3, 0.4) is 0 Å². The minimum atomic E-state index is 0.321. The lowest BCUT2D eigenvalue weighted by Gasteiger charge is -2.13. The van der Waals surface area contributed by atoms with Gasteiger partial charge in [-0.3, -0.25) is 0 Å². The highest BCUT2D eigenvalue weighted by atomic mass is 16.7. The van der Waals surface area contributed by atoms with E-state index in [4.69, 9.17) is 15.2 Å². The summed E-state index contributed by atoms with van der Waals surface area (Å²) in [6.07, 6.45) is 2.60. The Kier molecular flexibility index (Phi) is 3.34. The quantitative estimate of drug-likeness (QED) is 0.472. The van der Waals surface area contributed by atoms with Crippen LogP contribution < -0.4 is 10.5 Å². The molecule has 1 fully saturated rings. The van der Waals surface area contributed by atoms with Gasteiger partial charge in [0.2, 0.25) is 0 Å². The molecule has 0 spiro atoms. The van der Waals surface area contributed by atoms with Gasteiger partial charge in [0.1, 0.15) is 5.75 Å². The van der Waals surface area contributed by atoms with Crippen molar-refractivity contribution in [1.29, 1.82) is 0 Å². The molecule has 0 aromatic heterocycles. The van der Waals surface area contributed by atoms with E-state index < -0.39 is 0 Å². The van der Waals surface area contributed by atoms with E-state index in [1.165, 1.54) is 12.8 Å². The Labute approximate surface area is 96.5 Å². The molecule has 1 aromatic carbocycles. The van der Waals surface area contributed by atoms with Crippen molar-refractivity contribution in [2.24, 2.45) is 5.92 Å². The summed E-state index contributed by atoms with van der Waals surface area (Å²) in [5.41, 5.74) is 8.69. The van der Waals surface area contributed by atoms with Gasteiger partial charge in [-0.15, -0.1) is 0 Å². The molecule has 0 saturated heterocycles. The average Bonchev–Trinajstić information content (AvgIpc) is 3.07.